The third-order valence-electron chi connectivity index (χ3n) is 4.48. The van der Waals surface area contributed by atoms with Crippen LogP contribution in [0.1, 0.15) is 49.0 Å². The average Bonchev–Trinajstić information content (AvgIpc) is 3.14. The normalized spacial score (nSPS) is 21.0. The topological polar surface area (TPSA) is 73.5 Å². The van der Waals surface area contributed by atoms with Gasteiger partial charge in [-0.25, -0.2) is 8.42 Å². The fraction of sp³-hybridized carbons (Fsp3) is 0.667. The second kappa shape index (κ2) is 6.42. The number of aromatic nitrogens is 1. The lowest BCUT2D eigenvalue weighted by molar-refractivity contribution is 0.0756. The van der Waals surface area contributed by atoms with E-state index >= 15 is 0 Å². The van der Waals surface area contributed by atoms with Gasteiger partial charge in [-0.15, -0.1) is 0 Å². The number of likely N-dealkylation sites (tertiary alicyclic amines) is 1. The van der Waals surface area contributed by atoms with E-state index in [1.54, 1.807) is 0 Å². The van der Waals surface area contributed by atoms with Gasteiger partial charge in [-0.2, -0.15) is 4.31 Å². The molecule has 1 aromatic heterocycles. The van der Waals surface area contributed by atoms with Gasteiger partial charge < -0.3 is 9.88 Å². The third-order valence-corrected chi connectivity index (χ3v) is 6.36. The molecule has 6 nitrogen and oxygen atoms in total. The Kier molecular flexibility index (Phi) is 4.54. The summed E-state index contributed by atoms with van der Waals surface area (Å²) in [6.07, 6.45) is 7.61. The molecule has 3 rings (SSSR count). The van der Waals surface area contributed by atoms with Crippen LogP contribution in [0.2, 0.25) is 0 Å². The largest absolute Gasteiger partial charge is 0.356 e. The molecular weight excluding hydrogens is 302 g/mol. The minimum Gasteiger partial charge on any atom is -0.356 e. The molecule has 0 saturated carbocycles. The summed E-state index contributed by atoms with van der Waals surface area (Å²) >= 11 is 0. The fourth-order valence-corrected chi connectivity index (χ4v) is 4.68. The number of hydrogen-bond donors (Lipinski definition) is 1. The number of carbonyl (C=O) groups excluding carboxylic acids is 1. The minimum atomic E-state index is -3.46. The first kappa shape index (κ1) is 15.6. The molecule has 0 unspecified atom stereocenters. The first-order valence-corrected chi connectivity index (χ1v) is 9.51. The van der Waals surface area contributed by atoms with Crippen molar-refractivity contribution in [1.29, 1.82) is 0 Å². The van der Waals surface area contributed by atoms with E-state index < -0.39 is 10.0 Å². The first-order chi connectivity index (χ1) is 10.6. The lowest BCUT2D eigenvalue weighted by Gasteiger charge is -2.19. The molecule has 1 amide bonds. The zero-order valence-electron chi connectivity index (χ0n) is 12.8. The molecule has 2 aliphatic heterocycles. The summed E-state index contributed by atoms with van der Waals surface area (Å²) in [6, 6.07) is 1.49. The maximum Gasteiger partial charge on any atom is 0.270 e. The molecule has 0 aromatic carbocycles. The van der Waals surface area contributed by atoms with Crippen LogP contribution in [-0.2, 0) is 10.0 Å². The van der Waals surface area contributed by atoms with Crippen molar-refractivity contribution in [3.63, 3.8) is 0 Å². The number of carbonyl (C=O) groups is 1. The number of nitrogens with one attached hydrogen (secondary N) is 1. The molecule has 1 N–H and O–H groups in total. The van der Waals surface area contributed by atoms with Crippen molar-refractivity contribution in [1.82, 2.24) is 14.2 Å². The summed E-state index contributed by atoms with van der Waals surface area (Å²) in [7, 11) is -3.46. The van der Waals surface area contributed by atoms with Crippen LogP contribution in [0, 0.1) is 0 Å². The van der Waals surface area contributed by atoms with Gasteiger partial charge in [0, 0.05) is 32.4 Å². The van der Waals surface area contributed by atoms with Crippen LogP contribution in [0.3, 0.4) is 0 Å². The molecule has 122 valence electrons. The summed E-state index contributed by atoms with van der Waals surface area (Å²) in [5.41, 5.74) is 0.375. The molecule has 2 saturated heterocycles. The zero-order valence-corrected chi connectivity index (χ0v) is 13.6. The molecule has 2 aliphatic rings. The second-order valence-corrected chi connectivity index (χ2v) is 8.00. The molecule has 0 aliphatic carbocycles. The Morgan fingerprint density at radius 2 is 1.55 bits per heavy atom. The van der Waals surface area contributed by atoms with Crippen molar-refractivity contribution in [2.24, 2.45) is 0 Å². The molecule has 0 radical (unpaired) electrons. The van der Waals surface area contributed by atoms with Gasteiger partial charge in [0.15, 0.2) is 0 Å². The number of rotatable bonds is 3. The Bertz CT molecular complexity index is 624. The molecule has 22 heavy (non-hydrogen) atoms. The third kappa shape index (κ3) is 3.05. The van der Waals surface area contributed by atoms with Gasteiger partial charge >= 0.3 is 0 Å². The first-order valence-electron chi connectivity index (χ1n) is 8.07. The monoisotopic (exact) mass is 325 g/mol. The van der Waals surface area contributed by atoms with Crippen LogP contribution in [0.15, 0.2) is 17.2 Å². The van der Waals surface area contributed by atoms with Crippen LogP contribution >= 0.6 is 0 Å². The molecule has 7 heteroatoms. The Morgan fingerprint density at radius 3 is 2.18 bits per heavy atom. The molecule has 0 bridgehead atoms. The highest BCUT2D eigenvalue weighted by molar-refractivity contribution is 7.89. The summed E-state index contributed by atoms with van der Waals surface area (Å²) < 4.78 is 26.5. The fourth-order valence-electron chi connectivity index (χ4n) is 3.17. The summed E-state index contributed by atoms with van der Waals surface area (Å²) in [6.45, 7) is 2.66. The lowest BCUT2D eigenvalue weighted by atomic mass is 10.2. The van der Waals surface area contributed by atoms with E-state index in [1.165, 1.54) is 16.6 Å². The smallest absolute Gasteiger partial charge is 0.270 e. The Hall–Kier alpha value is -1.34. The number of aromatic amines is 1. The predicted molar refractivity (Wildman–Crippen MR) is 83.2 cm³/mol. The van der Waals surface area contributed by atoms with Gasteiger partial charge in [0.05, 0.1) is 0 Å². The van der Waals surface area contributed by atoms with Crippen molar-refractivity contribution in [3.05, 3.63) is 18.0 Å². The van der Waals surface area contributed by atoms with Crippen LogP contribution in [-0.4, -0.2) is 54.7 Å². The molecule has 1 aromatic rings. The van der Waals surface area contributed by atoms with Crippen molar-refractivity contribution >= 4 is 15.9 Å². The van der Waals surface area contributed by atoms with Crippen LogP contribution in [0.5, 0.6) is 0 Å². The van der Waals surface area contributed by atoms with Gasteiger partial charge in [-0.3, -0.25) is 4.79 Å². The molecule has 2 fully saturated rings. The Balaban J connectivity index is 1.76. The Morgan fingerprint density at radius 1 is 0.955 bits per heavy atom. The maximum atomic E-state index is 12.5. The van der Waals surface area contributed by atoms with Crippen LogP contribution in [0.4, 0.5) is 0 Å². The van der Waals surface area contributed by atoms with Gasteiger partial charge in [-0.05, 0) is 31.7 Å². The zero-order chi connectivity index (χ0) is 15.6. The lowest BCUT2D eigenvalue weighted by Crippen LogP contribution is -2.32. The number of H-pyrrole nitrogens is 1. The van der Waals surface area contributed by atoms with Crippen LogP contribution < -0.4 is 0 Å². The van der Waals surface area contributed by atoms with Gasteiger partial charge in [0.1, 0.15) is 10.6 Å². The van der Waals surface area contributed by atoms with Gasteiger partial charge in [0.25, 0.3) is 5.91 Å². The second-order valence-electron chi connectivity index (χ2n) is 6.07. The van der Waals surface area contributed by atoms with E-state index in [2.05, 4.69) is 4.98 Å². The van der Waals surface area contributed by atoms with Gasteiger partial charge in [0.2, 0.25) is 10.0 Å². The maximum absolute atomic E-state index is 12.5. The summed E-state index contributed by atoms with van der Waals surface area (Å²) in [4.78, 5) is 17.4. The summed E-state index contributed by atoms with van der Waals surface area (Å²) in [5.74, 6) is -0.0928. The van der Waals surface area contributed by atoms with E-state index in [0.717, 1.165) is 51.6 Å². The van der Waals surface area contributed by atoms with Crippen LogP contribution in [0.25, 0.3) is 0 Å². The average molecular weight is 325 g/mol. The molecule has 3 heterocycles. The Labute approximate surface area is 131 Å². The number of hydrogen-bond acceptors (Lipinski definition) is 3. The van der Waals surface area contributed by atoms with Crippen molar-refractivity contribution in [3.8, 4) is 0 Å². The van der Waals surface area contributed by atoms with E-state index in [1.807, 2.05) is 4.90 Å². The van der Waals surface area contributed by atoms with E-state index in [-0.39, 0.29) is 10.8 Å². The highest BCUT2D eigenvalue weighted by Gasteiger charge is 2.29. The van der Waals surface area contributed by atoms with Crippen molar-refractivity contribution in [2.45, 2.75) is 43.4 Å². The SMILES string of the molecule is O=C(c1cc(S(=O)(=O)N2CCCC2)c[nH]1)N1CCCCCC1. The molecule has 0 atom stereocenters. The van der Waals surface area contributed by atoms with E-state index in [0.29, 0.717) is 18.8 Å². The standard InChI is InChI=1S/C15H23N3O3S/c19-15(17-7-3-1-2-4-8-17)14-11-13(12-16-14)22(20,21)18-9-5-6-10-18/h11-12,16H,1-10H2. The number of nitrogens with zero attached hydrogens (tertiary/aromatic N) is 2. The number of sulfonamides is 1. The van der Waals surface area contributed by atoms with E-state index in [9.17, 15) is 13.2 Å². The molecule has 0 spiro atoms. The highest BCUT2D eigenvalue weighted by atomic mass is 32.2. The van der Waals surface area contributed by atoms with Crippen molar-refractivity contribution in [2.75, 3.05) is 26.2 Å². The summed E-state index contributed by atoms with van der Waals surface area (Å²) in [5, 5.41) is 0. The van der Waals surface area contributed by atoms with Gasteiger partial charge in [-0.1, -0.05) is 12.8 Å². The molecular formula is C15H23N3O3S. The van der Waals surface area contributed by atoms with Crippen molar-refractivity contribution < 1.29 is 13.2 Å². The number of amides is 1. The van der Waals surface area contributed by atoms with E-state index in [4.69, 9.17) is 0 Å². The minimum absolute atomic E-state index is 0.0928. The quantitative estimate of drug-likeness (QED) is 0.921. The predicted octanol–water partition coefficient (Wildman–Crippen LogP) is 1.82. The highest BCUT2D eigenvalue weighted by Crippen LogP contribution is 2.22.